The molecule has 0 unspecified atom stereocenters. The number of ketones is 1. The number of hydrogen-bond donors (Lipinski definition) is 1. The van der Waals surface area contributed by atoms with Crippen LogP contribution in [0.5, 0.6) is 0 Å². The van der Waals surface area contributed by atoms with Gasteiger partial charge in [-0.2, -0.15) is 0 Å². The number of thiazole rings is 1. The zero-order valence-electron chi connectivity index (χ0n) is 13.1. The van der Waals surface area contributed by atoms with Crippen LogP contribution in [-0.4, -0.2) is 21.8 Å². The van der Waals surface area contributed by atoms with Crippen LogP contribution in [0.1, 0.15) is 22.2 Å². The molecule has 0 saturated carbocycles. The lowest BCUT2D eigenvalue weighted by Gasteiger charge is -2.24. The first-order valence-corrected chi connectivity index (χ1v) is 8.45. The van der Waals surface area contributed by atoms with Gasteiger partial charge in [-0.15, -0.1) is 11.3 Å². The van der Waals surface area contributed by atoms with Crippen LogP contribution in [0.3, 0.4) is 0 Å². The van der Waals surface area contributed by atoms with Gasteiger partial charge in [0.2, 0.25) is 5.78 Å². The Bertz CT molecular complexity index is 995. The molecular weight excluding hydrogens is 359 g/mol. The number of furan rings is 1. The third-order valence-corrected chi connectivity index (χ3v) is 4.78. The van der Waals surface area contributed by atoms with E-state index in [0.717, 1.165) is 0 Å². The van der Waals surface area contributed by atoms with Crippen LogP contribution in [0, 0.1) is 5.82 Å². The number of hydrogen-bond acceptors (Lipinski definition) is 6. The summed E-state index contributed by atoms with van der Waals surface area (Å²) in [7, 11) is 0. The summed E-state index contributed by atoms with van der Waals surface area (Å²) in [6.45, 7) is 0. The summed E-state index contributed by atoms with van der Waals surface area (Å²) in [5.74, 6) is -2.49. The molecule has 130 valence electrons. The molecule has 1 aliphatic heterocycles. The fourth-order valence-corrected chi connectivity index (χ4v) is 3.54. The number of aliphatic hydroxyl groups is 1. The van der Waals surface area contributed by atoms with E-state index in [-0.39, 0.29) is 11.3 Å². The Morgan fingerprint density at radius 2 is 2.04 bits per heavy atom. The second kappa shape index (κ2) is 6.23. The number of amides is 1. The van der Waals surface area contributed by atoms with Crippen LogP contribution in [0.4, 0.5) is 9.52 Å². The molecule has 8 heteroatoms. The maximum atomic E-state index is 13.3. The Labute approximate surface area is 150 Å². The number of aromatic nitrogens is 1. The van der Waals surface area contributed by atoms with E-state index in [2.05, 4.69) is 4.98 Å². The van der Waals surface area contributed by atoms with Gasteiger partial charge in [0.1, 0.15) is 5.82 Å². The normalized spacial score (nSPS) is 17.2. The fraction of sp³-hybridized carbons (Fsp3) is 0.0556. The molecule has 4 rings (SSSR count). The highest BCUT2D eigenvalue weighted by Crippen LogP contribution is 2.42. The molecule has 1 amide bonds. The van der Waals surface area contributed by atoms with Gasteiger partial charge in [-0.05, 0) is 29.8 Å². The average Bonchev–Trinajstić information content (AvgIpc) is 3.38. The first-order chi connectivity index (χ1) is 12.6. The Balaban J connectivity index is 1.88. The first kappa shape index (κ1) is 16.2. The second-order valence-corrected chi connectivity index (χ2v) is 6.39. The van der Waals surface area contributed by atoms with Crippen molar-refractivity contribution >= 4 is 28.2 Å². The molecular formula is C18H11FN2O4S. The molecule has 26 heavy (non-hydrogen) atoms. The largest absolute Gasteiger partial charge is 0.503 e. The van der Waals surface area contributed by atoms with Crippen molar-refractivity contribution in [1.82, 2.24) is 4.98 Å². The summed E-state index contributed by atoms with van der Waals surface area (Å²) in [6, 6.07) is 7.42. The molecule has 0 spiro atoms. The summed E-state index contributed by atoms with van der Waals surface area (Å²) < 4.78 is 18.5. The molecule has 1 aromatic carbocycles. The molecule has 6 nitrogen and oxygen atoms in total. The van der Waals surface area contributed by atoms with E-state index in [0.29, 0.717) is 10.7 Å². The third kappa shape index (κ3) is 2.51. The quantitative estimate of drug-likeness (QED) is 0.709. The molecule has 0 radical (unpaired) electrons. The number of carbonyl (C=O) groups excluding carboxylic acids is 2. The number of carbonyl (C=O) groups is 2. The van der Waals surface area contributed by atoms with Gasteiger partial charge in [0.15, 0.2) is 16.7 Å². The van der Waals surface area contributed by atoms with E-state index >= 15 is 0 Å². The van der Waals surface area contributed by atoms with Crippen molar-refractivity contribution in [2.75, 3.05) is 4.90 Å². The standard InChI is InChI=1S/C18H11FN2O4S/c19-11-5-3-10(4-6-11)14-13(15(22)12-2-1-8-25-12)16(23)17(24)21(14)18-20-7-9-26-18/h1-9,14,23H/t14-/m0/s1. The van der Waals surface area contributed by atoms with Gasteiger partial charge in [0.05, 0.1) is 17.9 Å². The van der Waals surface area contributed by atoms with Crippen molar-refractivity contribution < 1.29 is 23.5 Å². The summed E-state index contributed by atoms with van der Waals surface area (Å²) in [5, 5.41) is 12.4. The molecule has 1 N–H and O–H groups in total. The Morgan fingerprint density at radius 3 is 2.65 bits per heavy atom. The highest BCUT2D eigenvalue weighted by atomic mass is 32.1. The predicted molar refractivity (Wildman–Crippen MR) is 91.4 cm³/mol. The molecule has 0 bridgehead atoms. The zero-order chi connectivity index (χ0) is 18.3. The lowest BCUT2D eigenvalue weighted by atomic mass is 9.95. The molecule has 3 aromatic rings. The fourth-order valence-electron chi connectivity index (χ4n) is 2.87. The Morgan fingerprint density at radius 1 is 1.27 bits per heavy atom. The average molecular weight is 370 g/mol. The number of rotatable bonds is 4. The van der Waals surface area contributed by atoms with Gasteiger partial charge < -0.3 is 9.52 Å². The van der Waals surface area contributed by atoms with Crippen molar-refractivity contribution in [3.8, 4) is 0 Å². The molecule has 0 aliphatic carbocycles. The number of benzene rings is 1. The summed E-state index contributed by atoms with van der Waals surface area (Å²) in [4.78, 5) is 30.9. The topological polar surface area (TPSA) is 83.6 Å². The molecule has 1 atom stereocenters. The molecule has 2 aromatic heterocycles. The molecule has 1 aliphatic rings. The lowest BCUT2D eigenvalue weighted by molar-refractivity contribution is -0.117. The van der Waals surface area contributed by atoms with Crippen molar-refractivity contribution in [2.24, 2.45) is 0 Å². The van der Waals surface area contributed by atoms with Gasteiger partial charge >= 0.3 is 0 Å². The van der Waals surface area contributed by atoms with E-state index in [1.807, 2.05) is 0 Å². The molecule has 0 fully saturated rings. The van der Waals surface area contributed by atoms with Crippen LogP contribution >= 0.6 is 11.3 Å². The van der Waals surface area contributed by atoms with E-state index in [9.17, 15) is 19.1 Å². The second-order valence-electron chi connectivity index (χ2n) is 5.51. The van der Waals surface area contributed by atoms with E-state index in [4.69, 9.17) is 4.42 Å². The van der Waals surface area contributed by atoms with Gasteiger partial charge in [-0.3, -0.25) is 14.5 Å². The zero-order valence-corrected chi connectivity index (χ0v) is 13.9. The highest BCUT2D eigenvalue weighted by Gasteiger charge is 2.46. The van der Waals surface area contributed by atoms with E-state index in [1.54, 1.807) is 5.38 Å². The summed E-state index contributed by atoms with van der Waals surface area (Å²) >= 11 is 1.19. The maximum absolute atomic E-state index is 13.3. The van der Waals surface area contributed by atoms with Crippen LogP contribution in [0.2, 0.25) is 0 Å². The SMILES string of the molecule is O=C(C1=C(O)C(=O)N(c2nccs2)[C@H]1c1ccc(F)cc1)c1ccco1. The Kier molecular flexibility index (Phi) is 3.89. The maximum Gasteiger partial charge on any atom is 0.296 e. The van der Waals surface area contributed by atoms with Crippen molar-refractivity contribution in [2.45, 2.75) is 6.04 Å². The third-order valence-electron chi connectivity index (χ3n) is 4.01. The summed E-state index contributed by atoms with van der Waals surface area (Å²) in [5.41, 5.74) is 0.334. The number of nitrogens with zero attached hydrogens (tertiary/aromatic N) is 2. The van der Waals surface area contributed by atoms with Gasteiger partial charge in [0, 0.05) is 11.6 Å². The first-order valence-electron chi connectivity index (χ1n) is 7.58. The van der Waals surface area contributed by atoms with Crippen LogP contribution in [0.25, 0.3) is 0 Å². The number of Topliss-reactive ketones (excluding diaryl/α,β-unsaturated/α-hetero) is 1. The summed E-state index contributed by atoms with van der Waals surface area (Å²) in [6.07, 6.45) is 2.84. The number of aliphatic hydroxyl groups excluding tert-OH is 1. The van der Waals surface area contributed by atoms with Crippen molar-refractivity contribution in [3.63, 3.8) is 0 Å². The number of halogens is 1. The molecule has 3 heterocycles. The van der Waals surface area contributed by atoms with E-state index < -0.39 is 29.3 Å². The smallest absolute Gasteiger partial charge is 0.296 e. The van der Waals surface area contributed by atoms with E-state index in [1.165, 1.54) is 65.1 Å². The number of anilines is 1. The predicted octanol–water partition coefficient (Wildman–Crippen LogP) is 3.66. The van der Waals surface area contributed by atoms with Crippen LogP contribution < -0.4 is 4.90 Å². The van der Waals surface area contributed by atoms with Crippen LogP contribution in [0.15, 0.2) is 70.0 Å². The minimum absolute atomic E-state index is 0.00699. The minimum Gasteiger partial charge on any atom is -0.503 e. The highest BCUT2D eigenvalue weighted by molar-refractivity contribution is 7.13. The minimum atomic E-state index is -0.938. The lowest BCUT2D eigenvalue weighted by Crippen LogP contribution is -2.30. The van der Waals surface area contributed by atoms with Gasteiger partial charge in [-0.1, -0.05) is 12.1 Å². The van der Waals surface area contributed by atoms with Crippen LogP contribution in [-0.2, 0) is 4.79 Å². The monoisotopic (exact) mass is 370 g/mol. The van der Waals surface area contributed by atoms with Gasteiger partial charge in [-0.25, -0.2) is 9.37 Å². The van der Waals surface area contributed by atoms with Gasteiger partial charge in [0.25, 0.3) is 5.91 Å². The van der Waals surface area contributed by atoms with Crippen molar-refractivity contribution in [3.05, 3.63) is 82.7 Å². The molecule has 0 saturated heterocycles. The Hall–Kier alpha value is -3.26. The van der Waals surface area contributed by atoms with Crippen molar-refractivity contribution in [1.29, 1.82) is 0 Å².